The highest BCUT2D eigenvalue weighted by Gasteiger charge is 2.08. The number of aromatic nitrogens is 1. The molecule has 0 aliphatic carbocycles. The molecule has 0 spiro atoms. The third-order valence-electron chi connectivity index (χ3n) is 4.15. The van der Waals surface area contributed by atoms with Gasteiger partial charge in [0.25, 0.3) is 0 Å². The van der Waals surface area contributed by atoms with E-state index in [1.165, 1.54) is 9.79 Å². The normalized spacial score (nSPS) is 11.1. The standard InChI is InChI=1S/C23H18BrN3S2/c1-27(25-15-17-7-11-19(24)12-8-17)23-26-22(16-28-23)18-9-13-21(14-10-18)29-20-5-3-2-4-6-20/h2-16H,1H3/b25-15-. The zero-order chi connectivity index (χ0) is 20.1. The van der Waals surface area contributed by atoms with Gasteiger partial charge in [0.05, 0.1) is 11.9 Å². The van der Waals surface area contributed by atoms with Crippen LogP contribution in [-0.4, -0.2) is 18.2 Å². The van der Waals surface area contributed by atoms with E-state index in [2.05, 4.69) is 74.9 Å². The molecule has 0 aliphatic heterocycles. The van der Waals surface area contributed by atoms with Crippen molar-refractivity contribution in [3.8, 4) is 11.3 Å². The number of nitrogens with zero attached hydrogens (tertiary/aromatic N) is 3. The molecule has 29 heavy (non-hydrogen) atoms. The lowest BCUT2D eigenvalue weighted by Crippen LogP contribution is -2.08. The number of hydrogen-bond acceptors (Lipinski definition) is 5. The van der Waals surface area contributed by atoms with Gasteiger partial charge in [0.2, 0.25) is 5.13 Å². The minimum Gasteiger partial charge on any atom is -0.242 e. The van der Waals surface area contributed by atoms with E-state index in [9.17, 15) is 0 Å². The fraction of sp³-hybridized carbons (Fsp3) is 0.0435. The van der Waals surface area contributed by atoms with E-state index in [4.69, 9.17) is 4.98 Å². The maximum Gasteiger partial charge on any atom is 0.206 e. The molecule has 3 nitrogen and oxygen atoms in total. The third-order valence-corrected chi connectivity index (χ3v) is 6.60. The van der Waals surface area contributed by atoms with Crippen LogP contribution in [0.2, 0.25) is 0 Å². The summed E-state index contributed by atoms with van der Waals surface area (Å²) < 4.78 is 1.06. The summed E-state index contributed by atoms with van der Waals surface area (Å²) in [6, 6.07) is 27.0. The molecule has 0 N–H and O–H groups in total. The number of benzene rings is 3. The summed E-state index contributed by atoms with van der Waals surface area (Å²) in [5.41, 5.74) is 3.12. The van der Waals surface area contributed by atoms with Crippen LogP contribution in [0.4, 0.5) is 5.13 Å². The Bertz CT molecular complexity index is 1090. The Hall–Kier alpha value is -2.41. The minimum atomic E-state index is 0.857. The van der Waals surface area contributed by atoms with E-state index in [0.717, 1.165) is 26.4 Å². The van der Waals surface area contributed by atoms with Crippen molar-refractivity contribution in [2.24, 2.45) is 5.10 Å². The van der Waals surface area contributed by atoms with Crippen LogP contribution >= 0.6 is 39.0 Å². The number of anilines is 1. The summed E-state index contributed by atoms with van der Waals surface area (Å²) in [6.45, 7) is 0. The van der Waals surface area contributed by atoms with Crippen molar-refractivity contribution in [3.05, 3.63) is 94.3 Å². The number of halogens is 1. The Labute approximate surface area is 187 Å². The average Bonchev–Trinajstić information content (AvgIpc) is 3.25. The summed E-state index contributed by atoms with van der Waals surface area (Å²) >= 11 is 6.79. The van der Waals surface area contributed by atoms with Crippen LogP contribution in [-0.2, 0) is 0 Å². The molecule has 0 amide bonds. The molecule has 0 saturated heterocycles. The van der Waals surface area contributed by atoms with Gasteiger partial charge in [0.1, 0.15) is 0 Å². The first kappa shape index (κ1) is 19.9. The fourth-order valence-corrected chi connectivity index (χ4v) is 4.47. The first-order valence-electron chi connectivity index (χ1n) is 8.99. The Kier molecular flexibility index (Phi) is 6.44. The molecule has 3 aromatic carbocycles. The average molecular weight is 480 g/mol. The largest absolute Gasteiger partial charge is 0.242 e. The Balaban J connectivity index is 1.43. The van der Waals surface area contributed by atoms with E-state index >= 15 is 0 Å². The molecule has 0 bridgehead atoms. The highest BCUT2D eigenvalue weighted by atomic mass is 79.9. The second kappa shape index (κ2) is 9.39. The van der Waals surface area contributed by atoms with E-state index in [1.807, 2.05) is 43.6 Å². The van der Waals surface area contributed by atoms with Gasteiger partial charge in [-0.1, -0.05) is 70.2 Å². The summed E-state index contributed by atoms with van der Waals surface area (Å²) in [5, 5.41) is 9.23. The fourth-order valence-electron chi connectivity index (χ4n) is 2.62. The first-order valence-corrected chi connectivity index (χ1v) is 11.5. The highest BCUT2D eigenvalue weighted by Crippen LogP contribution is 2.31. The number of thiazole rings is 1. The van der Waals surface area contributed by atoms with Gasteiger partial charge >= 0.3 is 0 Å². The van der Waals surface area contributed by atoms with E-state index in [0.29, 0.717) is 0 Å². The molecule has 4 aromatic rings. The van der Waals surface area contributed by atoms with Crippen LogP contribution < -0.4 is 5.01 Å². The Morgan fingerprint density at radius 2 is 1.62 bits per heavy atom. The molecule has 0 atom stereocenters. The van der Waals surface area contributed by atoms with Crippen molar-refractivity contribution in [1.82, 2.24) is 4.98 Å². The molecular weight excluding hydrogens is 462 g/mol. The van der Waals surface area contributed by atoms with Crippen molar-refractivity contribution in [2.75, 3.05) is 12.1 Å². The predicted molar refractivity (Wildman–Crippen MR) is 128 cm³/mol. The van der Waals surface area contributed by atoms with Gasteiger partial charge in [-0.15, -0.1) is 11.3 Å². The molecule has 0 radical (unpaired) electrons. The summed E-state index contributed by atoms with van der Waals surface area (Å²) in [4.78, 5) is 7.19. The smallest absolute Gasteiger partial charge is 0.206 e. The number of hydrogen-bond donors (Lipinski definition) is 0. The highest BCUT2D eigenvalue weighted by molar-refractivity contribution is 9.10. The van der Waals surface area contributed by atoms with Gasteiger partial charge in [0.15, 0.2) is 0 Å². The third kappa shape index (κ3) is 5.35. The topological polar surface area (TPSA) is 28.5 Å². The SMILES string of the molecule is CN(/N=C\c1ccc(Br)cc1)c1nc(-c2ccc(Sc3ccccc3)cc2)cs1. The van der Waals surface area contributed by atoms with Crippen LogP contribution in [0.25, 0.3) is 11.3 Å². The molecule has 0 fully saturated rings. The number of hydrazone groups is 1. The Morgan fingerprint density at radius 1 is 0.931 bits per heavy atom. The van der Waals surface area contributed by atoms with Crippen LogP contribution in [0.15, 0.2) is 104 Å². The van der Waals surface area contributed by atoms with Gasteiger partial charge in [-0.05, 0) is 42.0 Å². The zero-order valence-corrected chi connectivity index (χ0v) is 18.9. The lowest BCUT2D eigenvalue weighted by molar-refractivity contribution is 1.01. The molecule has 0 saturated carbocycles. The zero-order valence-electron chi connectivity index (χ0n) is 15.7. The quantitative estimate of drug-likeness (QED) is 0.216. The maximum absolute atomic E-state index is 4.74. The predicted octanol–water partition coefficient (Wildman–Crippen LogP) is 7.19. The van der Waals surface area contributed by atoms with Crippen molar-refractivity contribution in [1.29, 1.82) is 0 Å². The second-order valence-electron chi connectivity index (χ2n) is 6.27. The van der Waals surface area contributed by atoms with Gasteiger partial charge in [-0.2, -0.15) is 5.10 Å². The molecule has 1 aromatic heterocycles. The van der Waals surface area contributed by atoms with E-state index in [1.54, 1.807) is 28.1 Å². The van der Waals surface area contributed by atoms with Crippen molar-refractivity contribution in [3.63, 3.8) is 0 Å². The molecule has 6 heteroatoms. The molecular formula is C23H18BrN3S2. The summed E-state index contributed by atoms with van der Waals surface area (Å²) in [7, 11) is 1.91. The first-order chi connectivity index (χ1) is 14.2. The monoisotopic (exact) mass is 479 g/mol. The maximum atomic E-state index is 4.74. The van der Waals surface area contributed by atoms with E-state index < -0.39 is 0 Å². The van der Waals surface area contributed by atoms with Crippen LogP contribution in [0.3, 0.4) is 0 Å². The summed E-state index contributed by atoms with van der Waals surface area (Å²) in [5.74, 6) is 0. The van der Waals surface area contributed by atoms with Gasteiger partial charge in [-0.3, -0.25) is 0 Å². The van der Waals surface area contributed by atoms with Crippen molar-refractivity contribution in [2.45, 2.75) is 9.79 Å². The molecule has 0 aliphatic rings. The van der Waals surface area contributed by atoms with Crippen LogP contribution in [0.5, 0.6) is 0 Å². The lowest BCUT2D eigenvalue weighted by atomic mass is 10.2. The van der Waals surface area contributed by atoms with Gasteiger partial charge in [0, 0.05) is 32.3 Å². The van der Waals surface area contributed by atoms with Crippen molar-refractivity contribution >= 4 is 50.4 Å². The minimum absolute atomic E-state index is 0.857. The van der Waals surface area contributed by atoms with E-state index in [-0.39, 0.29) is 0 Å². The van der Waals surface area contributed by atoms with Crippen molar-refractivity contribution < 1.29 is 0 Å². The Morgan fingerprint density at radius 3 is 2.34 bits per heavy atom. The molecule has 0 unspecified atom stereocenters. The molecule has 144 valence electrons. The lowest BCUT2D eigenvalue weighted by Gasteiger charge is -2.08. The van der Waals surface area contributed by atoms with Gasteiger partial charge < -0.3 is 0 Å². The van der Waals surface area contributed by atoms with Crippen LogP contribution in [0.1, 0.15) is 5.56 Å². The summed E-state index contributed by atoms with van der Waals surface area (Å²) in [6.07, 6.45) is 1.84. The second-order valence-corrected chi connectivity index (χ2v) is 9.17. The van der Waals surface area contributed by atoms with Crippen LogP contribution in [0, 0.1) is 0 Å². The van der Waals surface area contributed by atoms with Gasteiger partial charge in [-0.25, -0.2) is 9.99 Å². The number of rotatable bonds is 6. The molecule has 4 rings (SSSR count). The molecule has 1 heterocycles.